The van der Waals surface area contributed by atoms with Gasteiger partial charge >= 0.3 is 5.97 Å². The van der Waals surface area contributed by atoms with Gasteiger partial charge in [-0.2, -0.15) is 0 Å². The molecule has 0 aliphatic carbocycles. The molecule has 0 bridgehead atoms. The number of nitrogens with two attached hydrogens (primary N) is 1. The molecule has 7 heteroatoms. The zero-order chi connectivity index (χ0) is 15.8. The van der Waals surface area contributed by atoms with Crippen LogP contribution in [0.1, 0.15) is 22.3 Å². The fraction of sp³-hybridized carbons (Fsp3) is 0.357. The van der Waals surface area contributed by atoms with E-state index in [0.29, 0.717) is 18.5 Å². The quantitative estimate of drug-likeness (QED) is 0.515. The van der Waals surface area contributed by atoms with Gasteiger partial charge in [0.15, 0.2) is 0 Å². The van der Waals surface area contributed by atoms with Crippen LogP contribution >= 0.6 is 0 Å². The number of likely N-dealkylation sites (N-methyl/N-ethyl adjacent to an activating group) is 1. The molecule has 0 radical (unpaired) electrons. The molecule has 0 aliphatic rings. The number of carbonyl (C=O) groups is 3. The summed E-state index contributed by atoms with van der Waals surface area (Å²) in [6, 6.07) is 5.59. The van der Waals surface area contributed by atoms with Crippen molar-refractivity contribution in [2.24, 2.45) is 5.73 Å². The molecule has 0 unspecified atom stereocenters. The molecular weight excluding hydrogens is 274 g/mol. The van der Waals surface area contributed by atoms with Crippen molar-refractivity contribution in [2.75, 3.05) is 13.6 Å². The number of primary amides is 1. The highest BCUT2D eigenvalue weighted by Gasteiger charge is 2.23. The van der Waals surface area contributed by atoms with Gasteiger partial charge in [0.1, 0.15) is 6.04 Å². The molecule has 2 amide bonds. The minimum absolute atomic E-state index is 0.392. The summed E-state index contributed by atoms with van der Waals surface area (Å²) in [6.45, 7) is 0.688. The number of nitrogens with one attached hydrogen (secondary N) is 2. The van der Waals surface area contributed by atoms with E-state index >= 15 is 0 Å². The molecule has 1 atom stereocenters. The van der Waals surface area contributed by atoms with Crippen LogP contribution in [-0.4, -0.2) is 42.5 Å². The van der Waals surface area contributed by atoms with Crippen LogP contribution in [0, 0.1) is 0 Å². The third-order valence-electron chi connectivity index (χ3n) is 2.92. The lowest BCUT2D eigenvalue weighted by molar-refractivity contribution is -0.140. The smallest absolute Gasteiger partial charge is 0.326 e. The van der Waals surface area contributed by atoms with Gasteiger partial charge in [0.05, 0.1) is 6.42 Å². The van der Waals surface area contributed by atoms with E-state index in [2.05, 4.69) is 10.6 Å². The van der Waals surface area contributed by atoms with Gasteiger partial charge in [0.2, 0.25) is 5.91 Å². The summed E-state index contributed by atoms with van der Waals surface area (Å²) in [4.78, 5) is 34.0. The molecule has 1 rings (SSSR count). The molecule has 0 saturated heterocycles. The molecule has 1 aromatic rings. The van der Waals surface area contributed by atoms with Crippen LogP contribution in [0.5, 0.6) is 0 Å². The van der Waals surface area contributed by atoms with Crippen LogP contribution in [0.15, 0.2) is 24.3 Å². The molecule has 0 fully saturated rings. The zero-order valence-electron chi connectivity index (χ0n) is 11.8. The van der Waals surface area contributed by atoms with E-state index in [4.69, 9.17) is 10.8 Å². The molecule has 0 saturated carbocycles. The highest BCUT2D eigenvalue weighted by Crippen LogP contribution is 2.10. The monoisotopic (exact) mass is 293 g/mol. The normalized spacial score (nSPS) is 11.7. The summed E-state index contributed by atoms with van der Waals surface area (Å²) >= 11 is 0. The van der Waals surface area contributed by atoms with Crippen molar-refractivity contribution in [3.63, 3.8) is 0 Å². The van der Waals surface area contributed by atoms with Crippen molar-refractivity contribution in [2.45, 2.75) is 18.9 Å². The Bertz CT molecular complexity index is 531. The van der Waals surface area contributed by atoms with Crippen molar-refractivity contribution in [3.8, 4) is 0 Å². The molecule has 114 valence electrons. The number of rotatable bonds is 8. The topological polar surface area (TPSA) is 122 Å². The van der Waals surface area contributed by atoms with Crippen molar-refractivity contribution in [1.82, 2.24) is 10.6 Å². The average Bonchev–Trinajstić information content (AvgIpc) is 2.44. The van der Waals surface area contributed by atoms with Crippen molar-refractivity contribution in [1.29, 1.82) is 0 Å². The summed E-state index contributed by atoms with van der Waals surface area (Å²) in [5.41, 5.74) is 6.17. The van der Waals surface area contributed by atoms with Crippen LogP contribution in [0.2, 0.25) is 0 Å². The molecule has 1 aromatic carbocycles. The molecular formula is C14H19N3O4. The van der Waals surface area contributed by atoms with Gasteiger partial charge in [-0.15, -0.1) is 0 Å². The largest absolute Gasteiger partial charge is 0.480 e. The molecule has 0 heterocycles. The summed E-state index contributed by atoms with van der Waals surface area (Å²) in [7, 11) is 1.80. The Balaban J connectivity index is 2.87. The predicted molar refractivity (Wildman–Crippen MR) is 76.8 cm³/mol. The SMILES string of the molecule is CNCCc1ccccc1C(=O)N[C@H](CC(N)=O)C(=O)O. The molecule has 7 nitrogen and oxygen atoms in total. The molecule has 0 aromatic heterocycles. The van der Waals surface area contributed by atoms with Crippen molar-refractivity contribution in [3.05, 3.63) is 35.4 Å². The first-order valence-corrected chi connectivity index (χ1v) is 6.50. The summed E-state index contributed by atoms with van der Waals surface area (Å²) in [5.74, 6) is -2.61. The maximum atomic E-state index is 12.2. The van der Waals surface area contributed by atoms with E-state index in [1.54, 1.807) is 31.3 Å². The number of amides is 2. The summed E-state index contributed by atoms with van der Waals surface area (Å²) < 4.78 is 0. The second-order valence-corrected chi connectivity index (χ2v) is 4.55. The Morgan fingerprint density at radius 2 is 1.95 bits per heavy atom. The van der Waals surface area contributed by atoms with E-state index in [0.717, 1.165) is 5.56 Å². The zero-order valence-corrected chi connectivity index (χ0v) is 11.8. The van der Waals surface area contributed by atoms with Gasteiger partial charge < -0.3 is 21.5 Å². The van der Waals surface area contributed by atoms with E-state index in [9.17, 15) is 14.4 Å². The number of aliphatic carboxylic acids is 1. The second kappa shape index (κ2) is 8.01. The van der Waals surface area contributed by atoms with Crippen LogP contribution in [0.4, 0.5) is 0 Å². The first-order chi connectivity index (χ1) is 9.95. The minimum atomic E-state index is -1.33. The number of carboxylic acids is 1. The number of benzene rings is 1. The van der Waals surface area contributed by atoms with Crippen LogP contribution < -0.4 is 16.4 Å². The second-order valence-electron chi connectivity index (χ2n) is 4.55. The third-order valence-corrected chi connectivity index (χ3v) is 2.92. The van der Waals surface area contributed by atoms with Crippen molar-refractivity contribution < 1.29 is 19.5 Å². The van der Waals surface area contributed by atoms with Gasteiger partial charge in [0, 0.05) is 5.56 Å². The van der Waals surface area contributed by atoms with Crippen LogP contribution in [0.25, 0.3) is 0 Å². The average molecular weight is 293 g/mol. The van der Waals surface area contributed by atoms with Gasteiger partial charge in [-0.05, 0) is 31.6 Å². The van der Waals surface area contributed by atoms with Gasteiger partial charge in [-0.25, -0.2) is 4.79 Å². The Hall–Kier alpha value is -2.41. The predicted octanol–water partition coefficient (Wildman–Crippen LogP) is -0.493. The Morgan fingerprint density at radius 1 is 1.29 bits per heavy atom. The summed E-state index contributed by atoms with van der Waals surface area (Å²) in [5, 5.41) is 14.3. The Kier molecular flexibility index (Phi) is 6.35. The standard InChI is InChI=1S/C14H19N3O4/c1-16-7-6-9-4-2-3-5-10(9)13(19)17-11(14(20)21)8-12(15)18/h2-5,11,16H,6-8H2,1H3,(H2,15,18)(H,17,19)(H,20,21)/t11-/m1/s1. The van der Waals surface area contributed by atoms with Crippen molar-refractivity contribution >= 4 is 17.8 Å². The van der Waals surface area contributed by atoms with Gasteiger partial charge in [-0.1, -0.05) is 18.2 Å². The fourth-order valence-electron chi connectivity index (χ4n) is 1.86. The Morgan fingerprint density at radius 3 is 2.52 bits per heavy atom. The molecule has 21 heavy (non-hydrogen) atoms. The number of carboxylic acid groups (broad SMARTS) is 1. The van der Waals surface area contributed by atoms with Gasteiger partial charge in [0.25, 0.3) is 5.91 Å². The van der Waals surface area contributed by atoms with E-state index < -0.39 is 30.2 Å². The van der Waals surface area contributed by atoms with Crippen LogP contribution in [-0.2, 0) is 16.0 Å². The lowest BCUT2D eigenvalue weighted by atomic mass is 10.0. The minimum Gasteiger partial charge on any atom is -0.480 e. The highest BCUT2D eigenvalue weighted by molar-refractivity contribution is 5.98. The highest BCUT2D eigenvalue weighted by atomic mass is 16.4. The van der Waals surface area contributed by atoms with E-state index in [-0.39, 0.29) is 0 Å². The van der Waals surface area contributed by atoms with Gasteiger partial charge in [-0.3, -0.25) is 9.59 Å². The Labute approximate surface area is 122 Å². The van der Waals surface area contributed by atoms with E-state index in [1.165, 1.54) is 0 Å². The number of carbonyl (C=O) groups excluding carboxylic acids is 2. The number of hydrogen-bond donors (Lipinski definition) is 4. The first-order valence-electron chi connectivity index (χ1n) is 6.50. The molecule has 5 N–H and O–H groups in total. The fourth-order valence-corrected chi connectivity index (χ4v) is 1.86. The first kappa shape index (κ1) is 16.6. The summed E-state index contributed by atoms with van der Waals surface area (Å²) in [6.07, 6.45) is 0.188. The van der Waals surface area contributed by atoms with E-state index in [1.807, 2.05) is 0 Å². The maximum Gasteiger partial charge on any atom is 0.326 e. The molecule has 0 spiro atoms. The van der Waals surface area contributed by atoms with Crippen LogP contribution in [0.3, 0.4) is 0 Å². The third kappa shape index (κ3) is 5.23. The maximum absolute atomic E-state index is 12.2. The lowest BCUT2D eigenvalue weighted by Gasteiger charge is -2.15. The molecule has 0 aliphatic heterocycles. The lowest BCUT2D eigenvalue weighted by Crippen LogP contribution is -2.43. The number of hydrogen-bond acceptors (Lipinski definition) is 4.